The van der Waals surface area contributed by atoms with Crippen LogP contribution in [0.2, 0.25) is 0 Å². The Labute approximate surface area is 67.0 Å². The van der Waals surface area contributed by atoms with E-state index in [9.17, 15) is 0 Å². The first kappa shape index (κ1) is 9.82. The molecule has 0 saturated heterocycles. The summed E-state index contributed by atoms with van der Waals surface area (Å²) in [6, 6.07) is 0. The fourth-order valence-corrected chi connectivity index (χ4v) is 0.688. The van der Waals surface area contributed by atoms with E-state index in [1.54, 1.807) is 0 Å². The first-order valence-corrected chi connectivity index (χ1v) is 3.94. The second-order valence-electron chi connectivity index (χ2n) is 2.99. The average molecular weight is 162 g/mol. The second kappa shape index (κ2) is 3.86. The van der Waals surface area contributed by atoms with Crippen LogP contribution in [-0.2, 0) is 4.79 Å². The molecule has 0 aliphatic heterocycles. The third-order valence-corrected chi connectivity index (χ3v) is 2.25. The molecule has 1 saturated carbocycles. The molecule has 0 atom stereocenters. The van der Waals surface area contributed by atoms with Crippen LogP contribution < -0.4 is 0 Å². The molecule has 1 rings (SSSR count). The van der Waals surface area contributed by atoms with Gasteiger partial charge in [-0.25, -0.2) is 0 Å². The van der Waals surface area contributed by atoms with Gasteiger partial charge in [0, 0.05) is 6.92 Å². The smallest absolute Gasteiger partial charge is 0.300 e. The molecule has 3 heteroatoms. The number of aliphatic carboxylic acids is 1. The van der Waals surface area contributed by atoms with Gasteiger partial charge in [-0.05, 0) is 24.0 Å². The van der Waals surface area contributed by atoms with Gasteiger partial charge in [-0.1, -0.05) is 6.92 Å². The van der Waals surface area contributed by atoms with Gasteiger partial charge >= 0.3 is 0 Å². The van der Waals surface area contributed by atoms with Crippen LogP contribution in [0.25, 0.3) is 0 Å². The largest absolute Gasteiger partial charge is 0.481 e. The number of carboxylic acid groups (broad SMARTS) is 1. The molecule has 1 fully saturated rings. The van der Waals surface area contributed by atoms with Crippen molar-refractivity contribution in [3.05, 3.63) is 0 Å². The highest BCUT2D eigenvalue weighted by Gasteiger charge is 2.35. The van der Waals surface area contributed by atoms with Crippen LogP contribution in [0.5, 0.6) is 0 Å². The van der Waals surface area contributed by atoms with Crippen LogP contribution in [0.1, 0.15) is 26.7 Å². The van der Waals surface area contributed by atoms with Gasteiger partial charge in [0.2, 0.25) is 0 Å². The summed E-state index contributed by atoms with van der Waals surface area (Å²) in [5.74, 6) is 0.243. The van der Waals surface area contributed by atoms with Crippen molar-refractivity contribution in [3.8, 4) is 0 Å². The lowest BCUT2D eigenvalue weighted by atomic mass is 10.2. The van der Waals surface area contributed by atoms with Gasteiger partial charge < -0.3 is 5.11 Å². The zero-order chi connectivity index (χ0) is 8.20. The Bertz CT molecular complexity index is 115. The molecule has 2 nitrogen and oxygen atoms in total. The van der Waals surface area contributed by atoms with Crippen molar-refractivity contribution < 1.29 is 9.90 Å². The zero-order valence-corrected chi connectivity index (χ0v) is 7.32. The molecule has 1 aliphatic rings. The summed E-state index contributed by atoms with van der Waals surface area (Å²) in [6.45, 7) is 3.36. The van der Waals surface area contributed by atoms with E-state index in [1.165, 1.54) is 12.8 Å². The van der Waals surface area contributed by atoms with Crippen LogP contribution in [0.15, 0.2) is 0 Å². The van der Waals surface area contributed by atoms with E-state index in [-0.39, 0.29) is 0 Å². The third-order valence-electron chi connectivity index (χ3n) is 1.49. The van der Waals surface area contributed by atoms with Crippen LogP contribution in [-0.4, -0.2) is 16.8 Å². The Balaban J connectivity index is 0.000000180. The third kappa shape index (κ3) is 5.95. The number of carbonyl (C=O) groups is 1. The van der Waals surface area contributed by atoms with Gasteiger partial charge in [-0.2, -0.15) is 12.6 Å². The molecule has 1 aliphatic carbocycles. The van der Waals surface area contributed by atoms with Crippen molar-refractivity contribution in [1.29, 1.82) is 0 Å². The molecule has 0 radical (unpaired) electrons. The normalized spacial score (nSPS) is 18.7. The van der Waals surface area contributed by atoms with E-state index >= 15 is 0 Å². The summed E-state index contributed by atoms with van der Waals surface area (Å²) in [4.78, 5) is 9.00. The molecule has 0 unspecified atom stereocenters. The van der Waals surface area contributed by atoms with Gasteiger partial charge in [0.15, 0.2) is 0 Å². The van der Waals surface area contributed by atoms with Gasteiger partial charge in [-0.3, -0.25) is 4.79 Å². The molecule has 0 spiro atoms. The van der Waals surface area contributed by atoms with Crippen LogP contribution in [0.3, 0.4) is 0 Å². The molecule has 0 aromatic rings. The maximum atomic E-state index is 9.00. The number of carboxylic acids is 1. The first-order valence-electron chi connectivity index (χ1n) is 3.30. The molecule has 0 aromatic heterocycles. The highest BCUT2D eigenvalue weighted by Crippen LogP contribution is 2.45. The predicted octanol–water partition coefficient (Wildman–Crippen LogP) is 1.81. The second-order valence-corrected chi connectivity index (χ2v) is 3.30. The monoisotopic (exact) mass is 162 g/mol. The molecular formula is C7H14O2S. The van der Waals surface area contributed by atoms with Crippen molar-refractivity contribution >= 4 is 18.6 Å². The Morgan fingerprint density at radius 1 is 1.70 bits per heavy atom. The summed E-state index contributed by atoms with van der Waals surface area (Å²) in [6.07, 6.45) is 2.80. The van der Waals surface area contributed by atoms with E-state index in [2.05, 4.69) is 19.6 Å². The molecule has 10 heavy (non-hydrogen) atoms. The number of hydrogen-bond donors (Lipinski definition) is 2. The molecule has 1 N–H and O–H groups in total. The molecule has 0 heterocycles. The standard InChI is InChI=1S/C5H10S.C2H4O2/c1-5(4-6)2-3-5;1-2(3)4/h6H,2-4H2,1H3;1H3,(H,3,4). The minimum atomic E-state index is -0.833. The molecular weight excluding hydrogens is 148 g/mol. The molecule has 0 bridgehead atoms. The maximum absolute atomic E-state index is 9.00. The Kier molecular flexibility index (Phi) is 3.79. The van der Waals surface area contributed by atoms with E-state index in [4.69, 9.17) is 9.90 Å². The fraction of sp³-hybridized carbons (Fsp3) is 0.857. The summed E-state index contributed by atoms with van der Waals surface area (Å²) in [5, 5.41) is 7.42. The predicted molar refractivity (Wildman–Crippen MR) is 44.5 cm³/mol. The first-order chi connectivity index (χ1) is 4.50. The molecule has 0 amide bonds. The van der Waals surface area contributed by atoms with Crippen molar-refractivity contribution in [2.45, 2.75) is 26.7 Å². The van der Waals surface area contributed by atoms with Gasteiger partial charge in [-0.15, -0.1) is 0 Å². The van der Waals surface area contributed by atoms with Gasteiger partial charge in [0.05, 0.1) is 0 Å². The van der Waals surface area contributed by atoms with E-state index in [0.29, 0.717) is 5.41 Å². The minimum Gasteiger partial charge on any atom is -0.481 e. The lowest BCUT2D eigenvalue weighted by Gasteiger charge is -1.96. The Hall–Kier alpha value is -0.180. The topological polar surface area (TPSA) is 37.3 Å². The fourth-order valence-electron chi connectivity index (χ4n) is 0.372. The van der Waals surface area contributed by atoms with Crippen LogP contribution in [0.4, 0.5) is 0 Å². The molecule has 0 aromatic carbocycles. The van der Waals surface area contributed by atoms with Crippen LogP contribution in [0, 0.1) is 5.41 Å². The minimum absolute atomic E-state index is 0.656. The lowest BCUT2D eigenvalue weighted by molar-refractivity contribution is -0.134. The SMILES string of the molecule is CC(=O)O.CC1(CS)CC1. The summed E-state index contributed by atoms with van der Waals surface area (Å²) < 4.78 is 0. The number of hydrogen-bond acceptors (Lipinski definition) is 2. The summed E-state index contributed by atoms with van der Waals surface area (Å²) >= 11 is 4.16. The lowest BCUT2D eigenvalue weighted by Crippen LogP contribution is -1.91. The highest BCUT2D eigenvalue weighted by atomic mass is 32.1. The Morgan fingerprint density at radius 3 is 2.00 bits per heavy atom. The van der Waals surface area contributed by atoms with Crippen molar-refractivity contribution in [1.82, 2.24) is 0 Å². The van der Waals surface area contributed by atoms with Crippen molar-refractivity contribution in [3.63, 3.8) is 0 Å². The maximum Gasteiger partial charge on any atom is 0.300 e. The van der Waals surface area contributed by atoms with E-state index < -0.39 is 5.97 Å². The number of thiol groups is 1. The quantitative estimate of drug-likeness (QED) is 0.577. The van der Waals surface area contributed by atoms with E-state index in [1.807, 2.05) is 0 Å². The van der Waals surface area contributed by atoms with E-state index in [0.717, 1.165) is 12.7 Å². The van der Waals surface area contributed by atoms with Crippen LogP contribution >= 0.6 is 12.6 Å². The highest BCUT2D eigenvalue weighted by molar-refractivity contribution is 7.80. The van der Waals surface area contributed by atoms with Gasteiger partial charge in [0.25, 0.3) is 5.97 Å². The van der Waals surface area contributed by atoms with Gasteiger partial charge in [0.1, 0.15) is 0 Å². The molecule has 60 valence electrons. The summed E-state index contributed by atoms with van der Waals surface area (Å²) in [5.41, 5.74) is 0.656. The zero-order valence-electron chi connectivity index (χ0n) is 6.42. The van der Waals surface area contributed by atoms with Crippen molar-refractivity contribution in [2.75, 3.05) is 5.75 Å². The van der Waals surface area contributed by atoms with Crippen molar-refractivity contribution in [2.24, 2.45) is 5.41 Å². The summed E-state index contributed by atoms with van der Waals surface area (Å²) in [7, 11) is 0. The number of rotatable bonds is 1. The average Bonchev–Trinajstić information content (AvgIpc) is 2.48. The Morgan fingerprint density at radius 2 is 2.00 bits per heavy atom.